The number of fused-ring (bicyclic) bond motifs is 1. The number of hydrogen-bond donors (Lipinski definition) is 2. The predicted molar refractivity (Wildman–Crippen MR) is 73.4 cm³/mol. The van der Waals surface area contributed by atoms with Crippen molar-refractivity contribution in [3.8, 4) is 0 Å². The third-order valence-corrected chi connectivity index (χ3v) is 3.23. The molecule has 1 aromatic heterocycles. The Balaban J connectivity index is 1.85. The van der Waals surface area contributed by atoms with E-state index in [0.29, 0.717) is 5.92 Å². The summed E-state index contributed by atoms with van der Waals surface area (Å²) in [6.07, 6.45) is 2.68. The van der Waals surface area contributed by atoms with Crippen LogP contribution in [0.5, 0.6) is 0 Å². The van der Waals surface area contributed by atoms with Crippen molar-refractivity contribution in [1.82, 2.24) is 15.6 Å². The van der Waals surface area contributed by atoms with Crippen LogP contribution in [0.2, 0.25) is 0 Å². The lowest BCUT2D eigenvalue weighted by molar-refractivity contribution is 0.445. The lowest BCUT2D eigenvalue weighted by Gasteiger charge is -2.15. The van der Waals surface area contributed by atoms with Gasteiger partial charge in [0.05, 0.1) is 0 Å². The maximum absolute atomic E-state index is 5.30. The summed E-state index contributed by atoms with van der Waals surface area (Å²) in [5, 5.41) is 6.72. The summed E-state index contributed by atoms with van der Waals surface area (Å²) in [4.78, 5) is 4.11. The van der Waals surface area contributed by atoms with Crippen molar-refractivity contribution in [3.63, 3.8) is 0 Å². The van der Waals surface area contributed by atoms with E-state index in [4.69, 9.17) is 4.42 Å². The van der Waals surface area contributed by atoms with Gasteiger partial charge in [-0.2, -0.15) is 0 Å². The zero-order valence-electron chi connectivity index (χ0n) is 11.1. The van der Waals surface area contributed by atoms with E-state index in [9.17, 15) is 0 Å². The summed E-state index contributed by atoms with van der Waals surface area (Å²) in [6, 6.07) is 6.14. The average molecular weight is 247 g/mol. The van der Waals surface area contributed by atoms with E-state index in [1.165, 1.54) is 18.4 Å². The van der Waals surface area contributed by atoms with Crippen LogP contribution in [0.1, 0.15) is 18.9 Å². The van der Waals surface area contributed by atoms with Gasteiger partial charge in [0.25, 0.3) is 0 Å². The zero-order valence-corrected chi connectivity index (χ0v) is 11.1. The van der Waals surface area contributed by atoms with Gasteiger partial charge in [-0.15, -0.1) is 0 Å². The van der Waals surface area contributed by atoms with Crippen molar-refractivity contribution >= 4 is 11.1 Å². The van der Waals surface area contributed by atoms with Crippen LogP contribution in [0.3, 0.4) is 0 Å². The zero-order chi connectivity index (χ0) is 12.8. The second-order valence-electron chi connectivity index (χ2n) is 4.62. The molecule has 0 saturated heterocycles. The number of nitrogens with zero attached hydrogens (tertiary/aromatic N) is 1. The molecule has 1 heterocycles. The minimum Gasteiger partial charge on any atom is -0.443 e. The molecular formula is C14H21N3O. The molecule has 18 heavy (non-hydrogen) atoms. The van der Waals surface area contributed by atoms with E-state index in [1.54, 1.807) is 0 Å². The number of rotatable bonds is 7. The van der Waals surface area contributed by atoms with Gasteiger partial charge >= 0.3 is 0 Å². The van der Waals surface area contributed by atoms with Gasteiger partial charge in [-0.25, -0.2) is 4.98 Å². The van der Waals surface area contributed by atoms with Crippen LogP contribution < -0.4 is 10.6 Å². The highest BCUT2D eigenvalue weighted by molar-refractivity contribution is 5.72. The first kappa shape index (κ1) is 13.1. The molecule has 1 aromatic carbocycles. The van der Waals surface area contributed by atoms with Crippen molar-refractivity contribution in [1.29, 1.82) is 0 Å². The van der Waals surface area contributed by atoms with Gasteiger partial charge in [0, 0.05) is 6.54 Å². The van der Waals surface area contributed by atoms with E-state index in [2.05, 4.69) is 28.6 Å². The van der Waals surface area contributed by atoms with E-state index in [0.717, 1.165) is 30.7 Å². The molecule has 1 unspecified atom stereocenters. The first-order chi connectivity index (χ1) is 8.83. The number of oxazole rings is 1. The SMILES string of the molecule is CCC(CNC)CNCc1ccc2ncoc2c1. The molecule has 0 aliphatic carbocycles. The highest BCUT2D eigenvalue weighted by Gasteiger charge is 2.05. The van der Waals surface area contributed by atoms with Gasteiger partial charge in [-0.3, -0.25) is 0 Å². The van der Waals surface area contributed by atoms with Gasteiger partial charge in [0.15, 0.2) is 12.0 Å². The maximum atomic E-state index is 5.30. The molecular weight excluding hydrogens is 226 g/mol. The molecule has 0 aliphatic rings. The minimum absolute atomic E-state index is 0.684. The van der Waals surface area contributed by atoms with Crippen molar-refractivity contribution in [3.05, 3.63) is 30.2 Å². The van der Waals surface area contributed by atoms with Gasteiger partial charge < -0.3 is 15.1 Å². The minimum atomic E-state index is 0.684. The Kier molecular flexibility index (Phi) is 4.73. The van der Waals surface area contributed by atoms with Crippen LogP contribution >= 0.6 is 0 Å². The van der Waals surface area contributed by atoms with Crippen LogP contribution in [-0.2, 0) is 6.54 Å². The number of aromatic nitrogens is 1. The Morgan fingerprint density at radius 3 is 3.00 bits per heavy atom. The summed E-state index contributed by atoms with van der Waals surface area (Å²) >= 11 is 0. The largest absolute Gasteiger partial charge is 0.443 e. The second kappa shape index (κ2) is 6.52. The van der Waals surface area contributed by atoms with Crippen molar-refractivity contribution in [2.45, 2.75) is 19.9 Å². The third kappa shape index (κ3) is 3.31. The third-order valence-electron chi connectivity index (χ3n) is 3.23. The van der Waals surface area contributed by atoms with E-state index in [1.807, 2.05) is 19.2 Å². The summed E-state index contributed by atoms with van der Waals surface area (Å²) in [5.74, 6) is 0.684. The summed E-state index contributed by atoms with van der Waals surface area (Å²) in [7, 11) is 2.00. The Hall–Kier alpha value is -1.39. The highest BCUT2D eigenvalue weighted by atomic mass is 16.3. The molecule has 0 fully saturated rings. The first-order valence-electron chi connectivity index (χ1n) is 6.51. The Labute approximate surface area is 108 Å². The Bertz CT molecular complexity index is 481. The van der Waals surface area contributed by atoms with Crippen molar-refractivity contribution in [2.75, 3.05) is 20.1 Å². The maximum Gasteiger partial charge on any atom is 0.181 e. The Morgan fingerprint density at radius 2 is 2.22 bits per heavy atom. The number of nitrogens with one attached hydrogen (secondary N) is 2. The summed E-state index contributed by atoms with van der Waals surface area (Å²) in [5.41, 5.74) is 3.01. The predicted octanol–water partition coefficient (Wildman–Crippen LogP) is 2.16. The molecule has 1 atom stereocenters. The molecule has 98 valence electrons. The van der Waals surface area contributed by atoms with Crippen LogP contribution in [-0.4, -0.2) is 25.1 Å². The second-order valence-corrected chi connectivity index (χ2v) is 4.62. The van der Waals surface area contributed by atoms with Gasteiger partial charge in [-0.1, -0.05) is 19.4 Å². The van der Waals surface area contributed by atoms with Crippen LogP contribution in [0.4, 0.5) is 0 Å². The molecule has 0 spiro atoms. The fourth-order valence-electron chi connectivity index (χ4n) is 2.08. The molecule has 4 heteroatoms. The molecule has 0 bridgehead atoms. The summed E-state index contributed by atoms with van der Waals surface area (Å²) < 4.78 is 5.30. The van der Waals surface area contributed by atoms with E-state index < -0.39 is 0 Å². The molecule has 0 aliphatic heterocycles. The standard InChI is InChI=1S/C14H21N3O/c1-3-11(7-15-2)8-16-9-12-4-5-13-14(6-12)18-10-17-13/h4-6,10-11,15-16H,3,7-9H2,1-2H3. The molecule has 4 nitrogen and oxygen atoms in total. The van der Waals surface area contributed by atoms with E-state index in [-0.39, 0.29) is 0 Å². The Morgan fingerprint density at radius 1 is 1.33 bits per heavy atom. The van der Waals surface area contributed by atoms with Crippen molar-refractivity contribution in [2.24, 2.45) is 5.92 Å². The number of benzene rings is 1. The normalized spacial score (nSPS) is 13.0. The fourth-order valence-corrected chi connectivity index (χ4v) is 2.08. The molecule has 2 aromatic rings. The topological polar surface area (TPSA) is 50.1 Å². The number of hydrogen-bond acceptors (Lipinski definition) is 4. The summed E-state index contributed by atoms with van der Waals surface area (Å²) in [6.45, 7) is 5.19. The molecule has 0 amide bonds. The van der Waals surface area contributed by atoms with Crippen LogP contribution in [0.15, 0.2) is 29.0 Å². The molecule has 0 saturated carbocycles. The van der Waals surface area contributed by atoms with Gasteiger partial charge in [0.2, 0.25) is 0 Å². The lowest BCUT2D eigenvalue weighted by atomic mass is 10.1. The smallest absolute Gasteiger partial charge is 0.181 e. The molecule has 2 N–H and O–H groups in total. The highest BCUT2D eigenvalue weighted by Crippen LogP contribution is 2.14. The monoisotopic (exact) mass is 247 g/mol. The average Bonchev–Trinajstić information content (AvgIpc) is 2.85. The first-order valence-corrected chi connectivity index (χ1v) is 6.51. The van der Waals surface area contributed by atoms with Gasteiger partial charge in [-0.05, 0) is 43.8 Å². The molecule has 0 radical (unpaired) electrons. The van der Waals surface area contributed by atoms with Gasteiger partial charge in [0.1, 0.15) is 5.52 Å². The van der Waals surface area contributed by atoms with Crippen molar-refractivity contribution < 1.29 is 4.42 Å². The lowest BCUT2D eigenvalue weighted by Crippen LogP contribution is -2.29. The molecule has 2 rings (SSSR count). The quantitative estimate of drug-likeness (QED) is 0.787. The van der Waals surface area contributed by atoms with E-state index >= 15 is 0 Å². The van der Waals surface area contributed by atoms with Crippen LogP contribution in [0, 0.1) is 5.92 Å². The van der Waals surface area contributed by atoms with Crippen LogP contribution in [0.25, 0.3) is 11.1 Å². The fraction of sp³-hybridized carbons (Fsp3) is 0.500.